The maximum absolute atomic E-state index is 12.0. The number of carboxylic acid groups (broad SMARTS) is 1. The summed E-state index contributed by atoms with van der Waals surface area (Å²) in [6.45, 7) is 3.23. The van der Waals surface area contributed by atoms with Crippen molar-refractivity contribution in [2.24, 2.45) is 0 Å². The van der Waals surface area contributed by atoms with Crippen molar-refractivity contribution in [2.75, 3.05) is 53.2 Å². The van der Waals surface area contributed by atoms with Gasteiger partial charge in [-0.05, 0) is 6.42 Å². The molecule has 0 spiro atoms. The van der Waals surface area contributed by atoms with Gasteiger partial charge in [-0.3, -0.25) is 4.79 Å². The molecule has 0 aromatic carbocycles. The van der Waals surface area contributed by atoms with Crippen molar-refractivity contribution in [2.45, 2.75) is 18.9 Å². The minimum Gasteiger partial charge on any atom is -0.481 e. The molecule has 0 saturated carbocycles. The van der Waals surface area contributed by atoms with E-state index < -0.39 is 12.0 Å². The van der Waals surface area contributed by atoms with Gasteiger partial charge in [0.15, 0.2) is 0 Å². The van der Waals surface area contributed by atoms with E-state index in [9.17, 15) is 9.59 Å². The zero-order valence-electron chi connectivity index (χ0n) is 12.4. The molecule has 1 atom stereocenters. The zero-order chi connectivity index (χ0) is 15.5. The van der Waals surface area contributed by atoms with E-state index in [2.05, 4.69) is 5.32 Å². The number of nitrogens with zero attached hydrogens (tertiary/aromatic N) is 1. The molecule has 1 saturated heterocycles. The van der Waals surface area contributed by atoms with Crippen LogP contribution in [0.1, 0.15) is 12.8 Å². The molecule has 2 N–H and O–H groups in total. The minimum absolute atomic E-state index is 0.104. The number of hydrogen-bond acceptors (Lipinski definition) is 5. The molecule has 8 heteroatoms. The summed E-state index contributed by atoms with van der Waals surface area (Å²) in [4.78, 5) is 24.3. The van der Waals surface area contributed by atoms with Gasteiger partial charge >= 0.3 is 12.0 Å². The monoisotopic (exact) mass is 304 g/mol. The molecule has 0 bridgehead atoms. The summed E-state index contributed by atoms with van der Waals surface area (Å²) in [5.41, 5.74) is 0. The molecule has 8 nitrogen and oxygen atoms in total. The van der Waals surface area contributed by atoms with Crippen LogP contribution in [0.3, 0.4) is 0 Å². The fourth-order valence-corrected chi connectivity index (χ4v) is 2.01. The molecular formula is C13H24N2O6. The standard InChI is InChI=1S/C13H24N2O6/c1-19-7-8-20-5-2-3-14-13(18)15-4-6-21-10-11(15)9-12(16)17/h11H,2-10H2,1H3,(H,14,18)(H,16,17). The summed E-state index contributed by atoms with van der Waals surface area (Å²) < 4.78 is 15.4. The van der Waals surface area contributed by atoms with E-state index in [0.29, 0.717) is 45.9 Å². The Hall–Kier alpha value is -1.38. The van der Waals surface area contributed by atoms with Crippen molar-refractivity contribution in [3.63, 3.8) is 0 Å². The van der Waals surface area contributed by atoms with E-state index in [4.69, 9.17) is 19.3 Å². The van der Waals surface area contributed by atoms with Gasteiger partial charge in [-0.2, -0.15) is 0 Å². The molecule has 0 aliphatic carbocycles. The summed E-state index contributed by atoms with van der Waals surface area (Å²) in [7, 11) is 1.61. The van der Waals surface area contributed by atoms with Crippen LogP contribution in [0.15, 0.2) is 0 Å². The van der Waals surface area contributed by atoms with E-state index in [1.165, 1.54) is 4.90 Å². The van der Waals surface area contributed by atoms with Crippen LogP contribution in [0, 0.1) is 0 Å². The minimum atomic E-state index is -0.935. The summed E-state index contributed by atoms with van der Waals surface area (Å²) >= 11 is 0. The van der Waals surface area contributed by atoms with Crippen LogP contribution in [0.25, 0.3) is 0 Å². The Morgan fingerprint density at radius 3 is 2.90 bits per heavy atom. The number of hydrogen-bond donors (Lipinski definition) is 2. The van der Waals surface area contributed by atoms with Crippen molar-refractivity contribution < 1.29 is 28.9 Å². The van der Waals surface area contributed by atoms with Crippen molar-refractivity contribution in [1.29, 1.82) is 0 Å². The largest absolute Gasteiger partial charge is 0.481 e. The fourth-order valence-electron chi connectivity index (χ4n) is 2.01. The number of methoxy groups -OCH3 is 1. The smallest absolute Gasteiger partial charge is 0.317 e. The van der Waals surface area contributed by atoms with E-state index in [1.807, 2.05) is 0 Å². The Kier molecular flexibility index (Phi) is 8.72. The first-order chi connectivity index (χ1) is 10.1. The number of morpholine rings is 1. The molecule has 0 radical (unpaired) electrons. The maximum Gasteiger partial charge on any atom is 0.317 e. The van der Waals surface area contributed by atoms with Crippen LogP contribution in [0.4, 0.5) is 4.79 Å². The maximum atomic E-state index is 12.0. The first-order valence-electron chi connectivity index (χ1n) is 7.06. The second-order valence-corrected chi connectivity index (χ2v) is 4.71. The molecule has 2 amide bonds. The Morgan fingerprint density at radius 2 is 2.19 bits per heavy atom. The average Bonchev–Trinajstić information content (AvgIpc) is 2.46. The zero-order valence-corrected chi connectivity index (χ0v) is 12.4. The molecule has 1 rings (SSSR count). The number of ether oxygens (including phenoxy) is 3. The highest BCUT2D eigenvalue weighted by Gasteiger charge is 2.28. The lowest BCUT2D eigenvalue weighted by atomic mass is 10.1. The molecule has 1 heterocycles. The highest BCUT2D eigenvalue weighted by molar-refractivity contribution is 5.76. The molecule has 1 fully saturated rings. The van der Waals surface area contributed by atoms with Gasteiger partial charge in [0, 0.05) is 26.8 Å². The predicted octanol–water partition coefficient (Wildman–Crippen LogP) is -0.0754. The molecule has 21 heavy (non-hydrogen) atoms. The van der Waals surface area contributed by atoms with E-state index in [-0.39, 0.29) is 19.1 Å². The molecule has 1 aliphatic rings. The second-order valence-electron chi connectivity index (χ2n) is 4.71. The topological polar surface area (TPSA) is 97.3 Å². The molecular weight excluding hydrogens is 280 g/mol. The normalized spacial score (nSPS) is 18.5. The number of aliphatic carboxylic acids is 1. The van der Waals surface area contributed by atoms with Gasteiger partial charge in [0.1, 0.15) is 0 Å². The third-order valence-corrected chi connectivity index (χ3v) is 3.07. The van der Waals surface area contributed by atoms with Gasteiger partial charge < -0.3 is 29.5 Å². The quantitative estimate of drug-likeness (QED) is 0.579. The van der Waals surface area contributed by atoms with Crippen LogP contribution in [-0.4, -0.2) is 81.3 Å². The highest BCUT2D eigenvalue weighted by Crippen LogP contribution is 2.10. The van der Waals surface area contributed by atoms with Crippen LogP contribution >= 0.6 is 0 Å². The Balaban J connectivity index is 2.21. The summed E-state index contributed by atoms with van der Waals surface area (Å²) in [5, 5.41) is 11.6. The molecule has 1 aliphatic heterocycles. The fraction of sp³-hybridized carbons (Fsp3) is 0.846. The van der Waals surface area contributed by atoms with Gasteiger partial charge in [0.25, 0.3) is 0 Å². The van der Waals surface area contributed by atoms with Gasteiger partial charge in [-0.15, -0.1) is 0 Å². The van der Waals surface area contributed by atoms with Crippen molar-refractivity contribution in [3.8, 4) is 0 Å². The molecule has 0 aromatic rings. The van der Waals surface area contributed by atoms with E-state index >= 15 is 0 Å². The van der Waals surface area contributed by atoms with Crippen LogP contribution < -0.4 is 5.32 Å². The van der Waals surface area contributed by atoms with Crippen LogP contribution in [0.5, 0.6) is 0 Å². The first kappa shape index (κ1) is 17.7. The number of carbonyl (C=O) groups excluding carboxylic acids is 1. The Labute approximate surface area is 124 Å². The Morgan fingerprint density at radius 1 is 1.38 bits per heavy atom. The molecule has 1 unspecified atom stereocenters. The number of urea groups is 1. The summed E-state index contributed by atoms with van der Waals surface area (Å²) in [6.07, 6.45) is 0.594. The number of carboxylic acids is 1. The van der Waals surface area contributed by atoms with Crippen LogP contribution in [-0.2, 0) is 19.0 Å². The van der Waals surface area contributed by atoms with Gasteiger partial charge in [0.2, 0.25) is 0 Å². The van der Waals surface area contributed by atoms with Gasteiger partial charge in [-0.1, -0.05) is 0 Å². The van der Waals surface area contributed by atoms with Gasteiger partial charge in [-0.25, -0.2) is 4.79 Å². The molecule has 122 valence electrons. The highest BCUT2D eigenvalue weighted by atomic mass is 16.5. The van der Waals surface area contributed by atoms with Crippen molar-refractivity contribution in [1.82, 2.24) is 10.2 Å². The van der Waals surface area contributed by atoms with E-state index in [1.54, 1.807) is 7.11 Å². The third-order valence-electron chi connectivity index (χ3n) is 3.07. The number of carbonyl (C=O) groups is 2. The van der Waals surface area contributed by atoms with Crippen molar-refractivity contribution >= 4 is 12.0 Å². The lowest BCUT2D eigenvalue weighted by Crippen LogP contribution is -2.53. The SMILES string of the molecule is COCCOCCCNC(=O)N1CCOCC1CC(=O)O. The number of amides is 2. The van der Waals surface area contributed by atoms with Crippen molar-refractivity contribution in [3.05, 3.63) is 0 Å². The Bertz CT molecular complexity index is 326. The lowest BCUT2D eigenvalue weighted by molar-refractivity contribution is -0.139. The number of rotatable bonds is 9. The lowest BCUT2D eigenvalue weighted by Gasteiger charge is -2.34. The third kappa shape index (κ3) is 7.26. The summed E-state index contributed by atoms with van der Waals surface area (Å²) in [5.74, 6) is -0.935. The van der Waals surface area contributed by atoms with E-state index in [0.717, 1.165) is 0 Å². The first-order valence-corrected chi connectivity index (χ1v) is 7.06. The average molecular weight is 304 g/mol. The van der Waals surface area contributed by atoms with Crippen LogP contribution in [0.2, 0.25) is 0 Å². The number of nitrogens with one attached hydrogen (secondary N) is 1. The molecule has 0 aromatic heterocycles. The summed E-state index contributed by atoms with van der Waals surface area (Å²) in [6, 6.07) is -0.657. The second kappa shape index (κ2) is 10.4. The predicted molar refractivity (Wildman–Crippen MR) is 74.3 cm³/mol. The van der Waals surface area contributed by atoms with Gasteiger partial charge in [0.05, 0.1) is 38.9 Å².